The van der Waals surface area contributed by atoms with Crippen molar-refractivity contribution in [3.05, 3.63) is 0 Å². The van der Waals surface area contributed by atoms with Crippen molar-refractivity contribution in [1.29, 1.82) is 0 Å². The molecule has 1 atom stereocenters. The zero-order valence-corrected chi connectivity index (χ0v) is 24.2. The molecule has 30 heavy (non-hydrogen) atoms. The van der Waals surface area contributed by atoms with E-state index in [1.807, 2.05) is 0 Å². The summed E-state index contributed by atoms with van der Waals surface area (Å²) in [5, 5.41) is 8.07. The van der Waals surface area contributed by atoms with E-state index < -0.39 is 15.4 Å². The minimum atomic E-state index is -4.13. The van der Waals surface area contributed by atoms with Crippen LogP contribution in [0.25, 0.3) is 0 Å². The van der Waals surface area contributed by atoms with Crippen LogP contribution in [0, 0.1) is 0 Å². The van der Waals surface area contributed by atoms with Crippen LogP contribution in [0.15, 0.2) is 0 Å². The number of rotatable bonds is 23. The minimum absolute atomic E-state index is 0. The van der Waals surface area contributed by atoms with Crippen LogP contribution in [0.3, 0.4) is 0 Å². The standard InChI is InChI=1S/C24H50O4S.K/c1-2-3-18-21-24(29(26,27)28)22-19-16-14-12-10-8-6-4-5-7-9-11-13-15-17-20-23-25;/h24-25H,2-23H2,1H3,(H,26,27,28);/q;+1/p-1. The Hall–Kier alpha value is 1.51. The molecule has 0 radical (unpaired) electrons. The first-order valence-electron chi connectivity index (χ1n) is 12.6. The quantitative estimate of drug-likeness (QED) is 0.138. The van der Waals surface area contributed by atoms with E-state index >= 15 is 0 Å². The third-order valence-electron chi connectivity index (χ3n) is 5.97. The average molecular weight is 473 g/mol. The van der Waals surface area contributed by atoms with Crippen molar-refractivity contribution >= 4 is 10.1 Å². The van der Waals surface area contributed by atoms with Crippen molar-refractivity contribution in [3.8, 4) is 0 Å². The summed E-state index contributed by atoms with van der Waals surface area (Å²) in [6.07, 6.45) is 23.8. The van der Waals surface area contributed by atoms with Gasteiger partial charge in [0.1, 0.15) is 0 Å². The summed E-state index contributed by atoms with van der Waals surface area (Å²) < 4.78 is 34.1. The van der Waals surface area contributed by atoms with Crippen molar-refractivity contribution in [2.45, 2.75) is 147 Å². The van der Waals surface area contributed by atoms with Crippen LogP contribution in [-0.4, -0.2) is 29.9 Å². The second-order valence-electron chi connectivity index (χ2n) is 8.78. The van der Waals surface area contributed by atoms with E-state index in [1.54, 1.807) is 0 Å². The van der Waals surface area contributed by atoms with Crippen molar-refractivity contribution in [2.75, 3.05) is 6.61 Å². The molecule has 0 fully saturated rings. The third-order valence-corrected chi connectivity index (χ3v) is 7.26. The second kappa shape index (κ2) is 25.1. The monoisotopic (exact) mass is 472 g/mol. The van der Waals surface area contributed by atoms with E-state index in [4.69, 9.17) is 5.11 Å². The van der Waals surface area contributed by atoms with E-state index in [-0.39, 0.29) is 51.4 Å². The zero-order chi connectivity index (χ0) is 21.6. The molecule has 4 nitrogen and oxygen atoms in total. The van der Waals surface area contributed by atoms with Gasteiger partial charge in [-0.15, -0.1) is 0 Å². The Morgan fingerprint density at radius 1 is 0.600 bits per heavy atom. The first kappa shape index (κ1) is 33.7. The number of hydrogen-bond donors (Lipinski definition) is 1. The molecule has 0 aromatic carbocycles. The Balaban J connectivity index is 0. The summed E-state index contributed by atoms with van der Waals surface area (Å²) in [7, 11) is -4.13. The maximum atomic E-state index is 11.4. The summed E-state index contributed by atoms with van der Waals surface area (Å²) in [4.78, 5) is 0. The number of aliphatic hydroxyl groups excluding tert-OH is 1. The molecule has 0 rings (SSSR count). The van der Waals surface area contributed by atoms with E-state index in [0.29, 0.717) is 19.4 Å². The van der Waals surface area contributed by atoms with Crippen molar-refractivity contribution in [2.24, 2.45) is 0 Å². The summed E-state index contributed by atoms with van der Waals surface area (Å²) in [5.74, 6) is 0. The second-order valence-corrected chi connectivity index (χ2v) is 10.4. The fourth-order valence-electron chi connectivity index (χ4n) is 4.01. The van der Waals surface area contributed by atoms with Gasteiger partial charge in [-0.1, -0.05) is 122 Å². The Morgan fingerprint density at radius 3 is 1.20 bits per heavy atom. The van der Waals surface area contributed by atoms with Gasteiger partial charge in [-0.05, 0) is 19.3 Å². The fraction of sp³-hybridized carbons (Fsp3) is 1.00. The van der Waals surface area contributed by atoms with Gasteiger partial charge in [0, 0.05) is 11.9 Å². The molecule has 0 heterocycles. The molecule has 6 heteroatoms. The topological polar surface area (TPSA) is 77.4 Å². The largest absolute Gasteiger partial charge is 1.00 e. The third kappa shape index (κ3) is 24.2. The molecule has 0 aliphatic rings. The van der Waals surface area contributed by atoms with Gasteiger partial charge in [-0.3, -0.25) is 0 Å². The summed E-state index contributed by atoms with van der Waals surface area (Å²) >= 11 is 0. The van der Waals surface area contributed by atoms with E-state index in [9.17, 15) is 13.0 Å². The van der Waals surface area contributed by atoms with Gasteiger partial charge in [0.15, 0.2) is 0 Å². The minimum Gasteiger partial charge on any atom is -0.748 e. The molecule has 1 unspecified atom stereocenters. The Morgan fingerprint density at radius 2 is 0.900 bits per heavy atom. The predicted octanol–water partition coefficient (Wildman–Crippen LogP) is 4.11. The Bertz CT molecular complexity index is 429. The normalized spacial score (nSPS) is 12.6. The Labute approximate surface area is 230 Å². The van der Waals surface area contributed by atoms with Crippen LogP contribution >= 0.6 is 0 Å². The molecular formula is C24H49KO4S. The summed E-state index contributed by atoms with van der Waals surface area (Å²) in [5.41, 5.74) is 0. The number of hydrogen-bond acceptors (Lipinski definition) is 4. The molecule has 0 aromatic heterocycles. The zero-order valence-electron chi connectivity index (χ0n) is 20.2. The van der Waals surface area contributed by atoms with Crippen LogP contribution in [0.5, 0.6) is 0 Å². The van der Waals surface area contributed by atoms with Gasteiger partial charge >= 0.3 is 51.4 Å². The smallest absolute Gasteiger partial charge is 0.748 e. The van der Waals surface area contributed by atoms with Crippen LogP contribution in [0.4, 0.5) is 0 Å². The van der Waals surface area contributed by atoms with Gasteiger partial charge < -0.3 is 9.66 Å². The van der Waals surface area contributed by atoms with Gasteiger partial charge in [0.05, 0.1) is 10.1 Å². The van der Waals surface area contributed by atoms with Crippen molar-refractivity contribution < 1.29 is 69.5 Å². The molecule has 1 N–H and O–H groups in total. The van der Waals surface area contributed by atoms with E-state index in [2.05, 4.69) is 6.92 Å². The summed E-state index contributed by atoms with van der Waals surface area (Å²) in [6.45, 7) is 2.43. The van der Waals surface area contributed by atoms with Crippen molar-refractivity contribution in [1.82, 2.24) is 0 Å². The van der Waals surface area contributed by atoms with Gasteiger partial charge in [0.2, 0.25) is 0 Å². The van der Waals surface area contributed by atoms with E-state index in [0.717, 1.165) is 44.9 Å². The Kier molecular flexibility index (Phi) is 28.2. The van der Waals surface area contributed by atoms with Gasteiger partial charge in [-0.25, -0.2) is 8.42 Å². The van der Waals surface area contributed by atoms with Crippen molar-refractivity contribution in [3.63, 3.8) is 0 Å². The van der Waals surface area contributed by atoms with Crippen LogP contribution in [0.2, 0.25) is 0 Å². The molecule has 0 saturated carbocycles. The molecule has 0 saturated heterocycles. The van der Waals surface area contributed by atoms with Crippen LogP contribution in [-0.2, 0) is 10.1 Å². The molecule has 0 bridgehead atoms. The molecule has 176 valence electrons. The molecular weight excluding hydrogens is 423 g/mol. The van der Waals surface area contributed by atoms with Crippen LogP contribution in [0.1, 0.15) is 142 Å². The first-order chi connectivity index (χ1) is 14.0. The average Bonchev–Trinajstić information content (AvgIpc) is 2.68. The van der Waals surface area contributed by atoms with Gasteiger partial charge in [-0.2, -0.15) is 0 Å². The molecule has 0 amide bonds. The number of aliphatic hydroxyl groups is 1. The molecule has 0 aromatic rings. The maximum absolute atomic E-state index is 11.4. The van der Waals surface area contributed by atoms with Crippen LogP contribution < -0.4 is 51.4 Å². The molecule has 0 aliphatic carbocycles. The fourth-order valence-corrected chi connectivity index (χ4v) is 4.92. The van der Waals surface area contributed by atoms with E-state index in [1.165, 1.54) is 77.0 Å². The molecule has 0 spiro atoms. The first-order valence-corrected chi connectivity index (χ1v) is 14.0. The predicted molar refractivity (Wildman–Crippen MR) is 123 cm³/mol. The molecule has 0 aliphatic heterocycles. The SMILES string of the molecule is CCCCCC(CCCCCCCCCCCCCCCCCCO)S(=O)(=O)[O-].[K+]. The number of unbranched alkanes of at least 4 members (excludes halogenated alkanes) is 17. The summed E-state index contributed by atoms with van der Waals surface area (Å²) in [6, 6.07) is 0. The van der Waals surface area contributed by atoms with Gasteiger partial charge in [0.25, 0.3) is 0 Å². The maximum Gasteiger partial charge on any atom is 1.00 e.